The Bertz CT molecular complexity index is 436. The number of nitrogens with two attached hydrogens (primary N) is 1. The van der Waals surface area contributed by atoms with Gasteiger partial charge >= 0.3 is 0 Å². The van der Waals surface area contributed by atoms with Crippen molar-refractivity contribution in [3.8, 4) is 0 Å². The molecular weight excluding hydrogens is 320 g/mol. The van der Waals surface area contributed by atoms with Gasteiger partial charge in [-0.05, 0) is 51.9 Å². The number of hydrogen-bond donors (Lipinski definition) is 2. The second-order valence-electron chi connectivity index (χ2n) is 5.59. The fourth-order valence-electron chi connectivity index (χ4n) is 2.28. The Morgan fingerprint density at radius 2 is 1.84 bits per heavy atom. The summed E-state index contributed by atoms with van der Waals surface area (Å²) in [4.78, 5) is 0.425. The molecule has 0 bridgehead atoms. The fraction of sp³-hybridized carbons (Fsp3) is 0.533. The summed E-state index contributed by atoms with van der Waals surface area (Å²) >= 11 is 8.54. The molecule has 0 heterocycles. The molecular formula is C15H23BrN2S. The molecule has 106 valence electrons. The van der Waals surface area contributed by atoms with Crippen molar-refractivity contribution in [1.29, 1.82) is 0 Å². The molecule has 0 aliphatic carbocycles. The molecule has 0 aromatic heterocycles. The number of nitrogens with one attached hydrogen (secondary N) is 1. The molecule has 1 aromatic rings. The van der Waals surface area contributed by atoms with Gasteiger partial charge in [-0.2, -0.15) is 0 Å². The van der Waals surface area contributed by atoms with Gasteiger partial charge in [0.25, 0.3) is 0 Å². The minimum absolute atomic E-state index is 0.425. The minimum atomic E-state index is 0.425. The van der Waals surface area contributed by atoms with Crippen molar-refractivity contribution in [1.82, 2.24) is 0 Å². The fourth-order valence-corrected chi connectivity index (χ4v) is 2.93. The van der Waals surface area contributed by atoms with Crippen LogP contribution in [0.3, 0.4) is 0 Å². The first kappa shape index (κ1) is 16.4. The highest BCUT2D eigenvalue weighted by molar-refractivity contribution is 9.10. The Balaban J connectivity index is 2.75. The van der Waals surface area contributed by atoms with Crippen molar-refractivity contribution >= 4 is 38.8 Å². The lowest BCUT2D eigenvalue weighted by Crippen LogP contribution is -2.24. The standard InChI is InChI=1S/C15H23BrN2S/c1-9(2)12(10(3)4)8-18-14-6-5-11(15(17)19)7-13(14)16/h5-7,9-10,12,18H,8H2,1-4H3,(H2,17,19). The summed E-state index contributed by atoms with van der Waals surface area (Å²) in [5, 5.41) is 3.51. The molecule has 1 rings (SSSR count). The first-order valence-electron chi connectivity index (χ1n) is 6.66. The molecule has 0 aliphatic rings. The van der Waals surface area contributed by atoms with Gasteiger partial charge in [0.1, 0.15) is 4.99 Å². The SMILES string of the molecule is CC(C)C(CNc1ccc(C(N)=S)cc1Br)C(C)C. The van der Waals surface area contributed by atoms with Crippen LogP contribution >= 0.6 is 28.1 Å². The average Bonchev–Trinajstić information content (AvgIpc) is 2.29. The van der Waals surface area contributed by atoms with Gasteiger partial charge in [0.2, 0.25) is 0 Å². The molecule has 0 amide bonds. The third-order valence-corrected chi connectivity index (χ3v) is 4.39. The zero-order chi connectivity index (χ0) is 14.6. The smallest absolute Gasteiger partial charge is 0.104 e. The third kappa shape index (κ3) is 4.77. The third-order valence-electron chi connectivity index (χ3n) is 3.49. The summed E-state index contributed by atoms with van der Waals surface area (Å²) in [6.45, 7) is 10.1. The van der Waals surface area contributed by atoms with Crippen molar-refractivity contribution in [2.75, 3.05) is 11.9 Å². The highest BCUT2D eigenvalue weighted by Gasteiger charge is 2.17. The van der Waals surface area contributed by atoms with Crippen molar-refractivity contribution < 1.29 is 0 Å². The van der Waals surface area contributed by atoms with E-state index in [1.54, 1.807) is 0 Å². The van der Waals surface area contributed by atoms with Gasteiger partial charge in [-0.25, -0.2) is 0 Å². The van der Waals surface area contributed by atoms with Crippen molar-refractivity contribution in [3.63, 3.8) is 0 Å². The normalized spacial score (nSPS) is 11.4. The molecule has 19 heavy (non-hydrogen) atoms. The maximum atomic E-state index is 5.62. The van der Waals surface area contributed by atoms with Crippen LogP contribution in [0, 0.1) is 17.8 Å². The van der Waals surface area contributed by atoms with Crippen LogP contribution in [0.5, 0.6) is 0 Å². The van der Waals surface area contributed by atoms with E-state index in [2.05, 4.69) is 48.9 Å². The zero-order valence-electron chi connectivity index (χ0n) is 12.0. The van der Waals surface area contributed by atoms with Crippen LogP contribution in [0.4, 0.5) is 5.69 Å². The predicted octanol–water partition coefficient (Wildman–Crippen LogP) is 4.42. The number of thiocarbonyl (C=S) groups is 1. The molecule has 2 nitrogen and oxygen atoms in total. The molecule has 4 heteroatoms. The predicted molar refractivity (Wildman–Crippen MR) is 91.7 cm³/mol. The second kappa shape index (κ2) is 7.25. The Kier molecular flexibility index (Phi) is 6.27. The van der Waals surface area contributed by atoms with E-state index in [1.165, 1.54) is 0 Å². The van der Waals surface area contributed by atoms with Crippen LogP contribution < -0.4 is 11.1 Å². The van der Waals surface area contributed by atoms with Gasteiger partial charge in [0.05, 0.1) is 0 Å². The van der Waals surface area contributed by atoms with Crippen molar-refractivity contribution in [2.24, 2.45) is 23.5 Å². The van der Waals surface area contributed by atoms with Gasteiger partial charge in [0.15, 0.2) is 0 Å². The molecule has 0 spiro atoms. The summed E-state index contributed by atoms with van der Waals surface area (Å²) < 4.78 is 1.00. The molecule has 0 saturated heterocycles. The summed E-state index contributed by atoms with van der Waals surface area (Å²) in [6, 6.07) is 5.94. The Morgan fingerprint density at radius 3 is 2.26 bits per heavy atom. The number of benzene rings is 1. The van der Waals surface area contributed by atoms with Crippen LogP contribution in [0.1, 0.15) is 33.3 Å². The van der Waals surface area contributed by atoms with E-state index in [0.29, 0.717) is 22.7 Å². The van der Waals surface area contributed by atoms with E-state index < -0.39 is 0 Å². The molecule has 0 unspecified atom stereocenters. The molecule has 0 atom stereocenters. The number of halogens is 1. The minimum Gasteiger partial charge on any atom is -0.389 e. The summed E-state index contributed by atoms with van der Waals surface area (Å²) in [5.74, 6) is 1.99. The Hall–Kier alpha value is -0.610. The maximum absolute atomic E-state index is 5.62. The second-order valence-corrected chi connectivity index (χ2v) is 6.89. The lowest BCUT2D eigenvalue weighted by atomic mass is 9.85. The zero-order valence-corrected chi connectivity index (χ0v) is 14.4. The Morgan fingerprint density at radius 1 is 1.26 bits per heavy atom. The van der Waals surface area contributed by atoms with Crippen LogP contribution in [-0.2, 0) is 0 Å². The number of hydrogen-bond acceptors (Lipinski definition) is 2. The largest absolute Gasteiger partial charge is 0.389 e. The molecule has 0 fully saturated rings. The highest BCUT2D eigenvalue weighted by Crippen LogP contribution is 2.26. The van der Waals surface area contributed by atoms with E-state index in [9.17, 15) is 0 Å². The molecule has 0 saturated carbocycles. The topological polar surface area (TPSA) is 38.0 Å². The van der Waals surface area contributed by atoms with Crippen LogP contribution in [0.2, 0.25) is 0 Å². The van der Waals surface area contributed by atoms with E-state index >= 15 is 0 Å². The Labute approximate surface area is 130 Å². The maximum Gasteiger partial charge on any atom is 0.104 e. The number of rotatable bonds is 6. The van der Waals surface area contributed by atoms with E-state index in [1.807, 2.05) is 18.2 Å². The first-order valence-corrected chi connectivity index (χ1v) is 7.86. The van der Waals surface area contributed by atoms with E-state index in [4.69, 9.17) is 18.0 Å². The quantitative estimate of drug-likeness (QED) is 0.751. The van der Waals surface area contributed by atoms with Gasteiger partial charge in [-0.3, -0.25) is 0 Å². The highest BCUT2D eigenvalue weighted by atomic mass is 79.9. The average molecular weight is 343 g/mol. The van der Waals surface area contributed by atoms with Gasteiger partial charge in [0, 0.05) is 22.3 Å². The van der Waals surface area contributed by atoms with Crippen molar-refractivity contribution in [3.05, 3.63) is 28.2 Å². The summed E-state index contributed by atoms with van der Waals surface area (Å²) in [5.41, 5.74) is 7.60. The van der Waals surface area contributed by atoms with Gasteiger partial charge in [-0.15, -0.1) is 0 Å². The van der Waals surface area contributed by atoms with Crippen molar-refractivity contribution in [2.45, 2.75) is 27.7 Å². The first-order chi connectivity index (χ1) is 8.82. The van der Waals surface area contributed by atoms with Crippen LogP contribution in [0.25, 0.3) is 0 Å². The van der Waals surface area contributed by atoms with E-state index in [0.717, 1.165) is 22.3 Å². The molecule has 3 N–H and O–H groups in total. The summed E-state index contributed by atoms with van der Waals surface area (Å²) in [6.07, 6.45) is 0. The van der Waals surface area contributed by atoms with Gasteiger partial charge < -0.3 is 11.1 Å². The number of anilines is 1. The van der Waals surface area contributed by atoms with Crippen LogP contribution in [-0.4, -0.2) is 11.5 Å². The van der Waals surface area contributed by atoms with E-state index in [-0.39, 0.29) is 0 Å². The molecule has 0 aliphatic heterocycles. The van der Waals surface area contributed by atoms with Gasteiger partial charge in [-0.1, -0.05) is 39.9 Å². The molecule has 0 radical (unpaired) electrons. The molecule has 1 aromatic carbocycles. The monoisotopic (exact) mass is 342 g/mol. The summed E-state index contributed by atoms with van der Waals surface area (Å²) in [7, 11) is 0. The lowest BCUT2D eigenvalue weighted by molar-refractivity contribution is 0.304. The van der Waals surface area contributed by atoms with Crippen LogP contribution in [0.15, 0.2) is 22.7 Å². The lowest BCUT2D eigenvalue weighted by Gasteiger charge is -2.26.